The number of aryl methyl sites for hydroxylation is 1. The summed E-state index contributed by atoms with van der Waals surface area (Å²) in [6.45, 7) is 8.78. The van der Waals surface area contributed by atoms with E-state index >= 15 is 0 Å². The van der Waals surface area contributed by atoms with E-state index in [1.807, 2.05) is 11.3 Å². The fourth-order valence-corrected chi connectivity index (χ4v) is 4.63. The van der Waals surface area contributed by atoms with E-state index in [-0.39, 0.29) is 0 Å². The number of anilines is 1. The molecule has 2 atom stereocenters. The van der Waals surface area contributed by atoms with Gasteiger partial charge >= 0.3 is 0 Å². The van der Waals surface area contributed by atoms with E-state index in [9.17, 15) is 0 Å². The molecular formula is C15H26N4S. The highest BCUT2D eigenvalue weighted by molar-refractivity contribution is 7.15. The standard InChI is InChI=1S/C15H26N4S/c1-3-5-13-14(8-16)20-15(17-13)19-10-12-6-4-7-18(12)9-11(19)2/h11-12H,3-10,16H2,1-2H3. The molecule has 0 radical (unpaired) electrons. The van der Waals surface area contributed by atoms with Gasteiger partial charge in [-0.05, 0) is 32.7 Å². The molecule has 0 amide bonds. The average molecular weight is 294 g/mol. The molecule has 5 heteroatoms. The van der Waals surface area contributed by atoms with E-state index < -0.39 is 0 Å². The molecule has 0 bridgehead atoms. The first-order valence-corrected chi connectivity index (χ1v) is 8.74. The predicted molar refractivity (Wildman–Crippen MR) is 85.4 cm³/mol. The molecule has 4 nitrogen and oxygen atoms in total. The summed E-state index contributed by atoms with van der Waals surface area (Å²) in [6.07, 6.45) is 4.90. The number of hydrogen-bond acceptors (Lipinski definition) is 5. The van der Waals surface area contributed by atoms with Crippen LogP contribution in [0, 0.1) is 0 Å². The summed E-state index contributed by atoms with van der Waals surface area (Å²) >= 11 is 1.82. The Morgan fingerprint density at radius 1 is 1.40 bits per heavy atom. The lowest BCUT2D eigenvalue weighted by Gasteiger charge is -2.42. The van der Waals surface area contributed by atoms with Gasteiger partial charge in [0.25, 0.3) is 0 Å². The minimum atomic E-state index is 0.565. The summed E-state index contributed by atoms with van der Waals surface area (Å²) in [7, 11) is 0. The van der Waals surface area contributed by atoms with Crippen molar-refractivity contribution < 1.29 is 0 Å². The molecule has 2 saturated heterocycles. The highest BCUT2D eigenvalue weighted by atomic mass is 32.1. The fraction of sp³-hybridized carbons (Fsp3) is 0.800. The third-order valence-corrected chi connectivity index (χ3v) is 5.78. The Labute approximate surface area is 126 Å². The van der Waals surface area contributed by atoms with Crippen molar-refractivity contribution in [2.45, 2.75) is 58.2 Å². The van der Waals surface area contributed by atoms with Crippen LogP contribution >= 0.6 is 11.3 Å². The van der Waals surface area contributed by atoms with Gasteiger partial charge in [-0.3, -0.25) is 4.90 Å². The van der Waals surface area contributed by atoms with Crippen molar-refractivity contribution in [1.29, 1.82) is 0 Å². The molecular weight excluding hydrogens is 268 g/mol. The monoisotopic (exact) mass is 294 g/mol. The number of thiazole rings is 1. The van der Waals surface area contributed by atoms with Gasteiger partial charge in [0, 0.05) is 36.6 Å². The number of piperazine rings is 1. The summed E-state index contributed by atoms with van der Waals surface area (Å²) < 4.78 is 0. The van der Waals surface area contributed by atoms with Crippen molar-refractivity contribution >= 4 is 16.5 Å². The zero-order valence-corrected chi connectivity index (χ0v) is 13.5. The molecule has 1 aromatic heterocycles. The first kappa shape index (κ1) is 14.3. The SMILES string of the molecule is CCCc1nc(N2CC3CCCN3CC2C)sc1CN. The quantitative estimate of drug-likeness (QED) is 0.925. The van der Waals surface area contributed by atoms with E-state index in [1.165, 1.54) is 41.6 Å². The number of hydrogen-bond donors (Lipinski definition) is 1. The van der Waals surface area contributed by atoms with Crippen LogP contribution in [0.2, 0.25) is 0 Å². The smallest absolute Gasteiger partial charge is 0.186 e. The number of aromatic nitrogens is 1. The average Bonchev–Trinajstić information content (AvgIpc) is 3.04. The number of fused-ring (bicyclic) bond motifs is 1. The maximum atomic E-state index is 5.89. The Kier molecular flexibility index (Phi) is 4.29. The third kappa shape index (κ3) is 2.59. The second-order valence-corrected chi connectivity index (χ2v) is 7.17. The van der Waals surface area contributed by atoms with Gasteiger partial charge in [0.1, 0.15) is 0 Å². The summed E-state index contributed by atoms with van der Waals surface area (Å²) in [6, 6.07) is 1.31. The van der Waals surface area contributed by atoms with E-state index in [1.54, 1.807) is 0 Å². The topological polar surface area (TPSA) is 45.4 Å². The zero-order valence-electron chi connectivity index (χ0n) is 12.6. The van der Waals surface area contributed by atoms with Gasteiger partial charge in [0.15, 0.2) is 5.13 Å². The van der Waals surface area contributed by atoms with Crippen LogP contribution in [0.25, 0.3) is 0 Å². The summed E-state index contributed by atoms with van der Waals surface area (Å²) in [5.41, 5.74) is 7.12. The number of nitrogens with two attached hydrogens (primary N) is 1. The van der Waals surface area contributed by atoms with Crippen LogP contribution in [0.5, 0.6) is 0 Å². The molecule has 2 fully saturated rings. The number of rotatable bonds is 4. The maximum Gasteiger partial charge on any atom is 0.186 e. The largest absolute Gasteiger partial charge is 0.343 e. The minimum absolute atomic E-state index is 0.565. The Morgan fingerprint density at radius 2 is 2.25 bits per heavy atom. The van der Waals surface area contributed by atoms with Crippen LogP contribution in [0.1, 0.15) is 43.7 Å². The summed E-state index contributed by atoms with van der Waals surface area (Å²) in [4.78, 5) is 11.4. The van der Waals surface area contributed by atoms with Crippen molar-refractivity contribution in [1.82, 2.24) is 9.88 Å². The van der Waals surface area contributed by atoms with Crippen LogP contribution in [-0.2, 0) is 13.0 Å². The molecule has 0 saturated carbocycles. The van der Waals surface area contributed by atoms with Gasteiger partial charge < -0.3 is 10.6 Å². The summed E-state index contributed by atoms with van der Waals surface area (Å²) in [5, 5.41) is 1.20. The molecule has 0 spiro atoms. The molecule has 2 aliphatic heterocycles. The van der Waals surface area contributed by atoms with Gasteiger partial charge in [0.05, 0.1) is 5.69 Å². The van der Waals surface area contributed by atoms with Gasteiger partial charge in [-0.1, -0.05) is 13.3 Å². The van der Waals surface area contributed by atoms with E-state index in [4.69, 9.17) is 10.7 Å². The Morgan fingerprint density at radius 3 is 3.00 bits per heavy atom. The second kappa shape index (κ2) is 6.00. The van der Waals surface area contributed by atoms with Gasteiger partial charge in [-0.2, -0.15) is 0 Å². The zero-order chi connectivity index (χ0) is 14.1. The lowest BCUT2D eigenvalue weighted by molar-refractivity contribution is 0.203. The van der Waals surface area contributed by atoms with Gasteiger partial charge in [-0.25, -0.2) is 4.98 Å². The van der Waals surface area contributed by atoms with Crippen molar-refractivity contribution in [3.8, 4) is 0 Å². The molecule has 0 aliphatic carbocycles. The Balaban J connectivity index is 1.80. The molecule has 2 unspecified atom stereocenters. The Bertz CT molecular complexity index is 459. The highest BCUT2D eigenvalue weighted by Gasteiger charge is 2.35. The highest BCUT2D eigenvalue weighted by Crippen LogP contribution is 2.33. The minimum Gasteiger partial charge on any atom is -0.343 e. The molecule has 20 heavy (non-hydrogen) atoms. The molecule has 2 aliphatic rings. The van der Waals surface area contributed by atoms with Crippen molar-refractivity contribution in [2.24, 2.45) is 5.73 Å². The normalized spacial score (nSPS) is 27.1. The van der Waals surface area contributed by atoms with E-state index in [0.29, 0.717) is 12.6 Å². The van der Waals surface area contributed by atoms with Crippen LogP contribution in [-0.4, -0.2) is 41.6 Å². The first-order chi connectivity index (χ1) is 9.72. The van der Waals surface area contributed by atoms with Crippen LogP contribution in [0.3, 0.4) is 0 Å². The third-order valence-electron chi connectivity index (χ3n) is 4.62. The molecule has 0 aromatic carbocycles. The van der Waals surface area contributed by atoms with Crippen LogP contribution in [0.15, 0.2) is 0 Å². The lowest BCUT2D eigenvalue weighted by Crippen LogP contribution is -2.55. The summed E-state index contributed by atoms with van der Waals surface area (Å²) in [5.74, 6) is 0. The first-order valence-electron chi connectivity index (χ1n) is 7.92. The lowest BCUT2D eigenvalue weighted by atomic mass is 10.1. The molecule has 2 N–H and O–H groups in total. The van der Waals surface area contributed by atoms with Crippen molar-refractivity contribution in [3.05, 3.63) is 10.6 Å². The molecule has 3 heterocycles. The van der Waals surface area contributed by atoms with Crippen LogP contribution in [0.4, 0.5) is 5.13 Å². The van der Waals surface area contributed by atoms with Crippen molar-refractivity contribution in [3.63, 3.8) is 0 Å². The van der Waals surface area contributed by atoms with Gasteiger partial charge in [-0.15, -0.1) is 11.3 Å². The van der Waals surface area contributed by atoms with E-state index in [2.05, 4.69) is 23.6 Å². The predicted octanol–water partition coefficient (Wildman–Crippen LogP) is 2.23. The van der Waals surface area contributed by atoms with E-state index in [0.717, 1.165) is 25.4 Å². The molecule has 1 aromatic rings. The molecule has 3 rings (SSSR count). The second-order valence-electron chi connectivity index (χ2n) is 6.11. The fourth-order valence-electron chi connectivity index (χ4n) is 3.54. The van der Waals surface area contributed by atoms with Crippen molar-refractivity contribution in [2.75, 3.05) is 24.5 Å². The maximum absolute atomic E-state index is 5.89. The van der Waals surface area contributed by atoms with Gasteiger partial charge in [0.2, 0.25) is 0 Å². The van der Waals surface area contributed by atoms with Crippen LogP contribution < -0.4 is 10.6 Å². The number of nitrogens with zero attached hydrogens (tertiary/aromatic N) is 3. The Hall–Kier alpha value is -0.650. The molecule has 112 valence electrons.